The van der Waals surface area contributed by atoms with E-state index >= 15 is 0 Å². The van der Waals surface area contributed by atoms with Gasteiger partial charge in [-0.15, -0.1) is 0 Å². The quantitative estimate of drug-likeness (QED) is 0.841. The molecule has 0 fully saturated rings. The molecule has 16 heavy (non-hydrogen) atoms. The number of nitrogens with zero attached hydrogens (tertiary/aromatic N) is 1. The highest BCUT2D eigenvalue weighted by Gasteiger charge is 2.35. The Morgan fingerprint density at radius 3 is 2.62 bits per heavy atom. The van der Waals surface area contributed by atoms with Crippen LogP contribution in [0.3, 0.4) is 0 Å². The minimum absolute atomic E-state index is 0.0165. The van der Waals surface area contributed by atoms with Crippen molar-refractivity contribution < 1.29 is 17.6 Å². The molecule has 3 nitrogen and oxygen atoms in total. The van der Waals surface area contributed by atoms with E-state index in [1.54, 1.807) is 0 Å². The highest BCUT2D eigenvalue weighted by atomic mass is 35.5. The van der Waals surface area contributed by atoms with E-state index in [9.17, 15) is 13.2 Å². The van der Waals surface area contributed by atoms with Gasteiger partial charge in [0, 0.05) is 12.1 Å². The summed E-state index contributed by atoms with van der Waals surface area (Å²) in [7, 11) is 1.50. The molecule has 7 heteroatoms. The molecule has 0 aliphatic carbocycles. The van der Waals surface area contributed by atoms with Gasteiger partial charge in [-0.2, -0.15) is 18.2 Å². The maximum Gasteiger partial charge on any atom is 0.420 e. The lowest BCUT2D eigenvalue weighted by molar-refractivity contribution is -0.136. The summed E-state index contributed by atoms with van der Waals surface area (Å²) in [6, 6.07) is 2.15. The van der Waals surface area contributed by atoms with Crippen LogP contribution in [0.25, 0.3) is 11.1 Å². The largest absolute Gasteiger partial charge is 0.423 e. The van der Waals surface area contributed by atoms with E-state index in [0.29, 0.717) is 0 Å². The Labute approximate surface area is 93.2 Å². The minimum atomic E-state index is -4.52. The fourth-order valence-corrected chi connectivity index (χ4v) is 1.53. The maximum absolute atomic E-state index is 12.6. The molecule has 0 spiro atoms. The molecule has 0 saturated heterocycles. The Balaban J connectivity index is 2.76. The summed E-state index contributed by atoms with van der Waals surface area (Å²) >= 11 is 5.58. The second-order valence-corrected chi connectivity index (χ2v) is 3.50. The van der Waals surface area contributed by atoms with Gasteiger partial charge in [-0.05, 0) is 12.1 Å². The summed E-state index contributed by atoms with van der Waals surface area (Å²) in [6.07, 6.45) is -4.52. The van der Waals surface area contributed by atoms with Crippen LogP contribution in [-0.2, 0) is 6.18 Å². The molecule has 2 aromatic rings. The minimum Gasteiger partial charge on any atom is -0.423 e. The smallest absolute Gasteiger partial charge is 0.420 e. The summed E-state index contributed by atoms with van der Waals surface area (Å²) in [5.41, 5.74) is -1.17. The summed E-state index contributed by atoms with van der Waals surface area (Å²) in [5, 5.41) is 2.49. The first kappa shape index (κ1) is 11.1. The molecule has 86 valence electrons. The summed E-state index contributed by atoms with van der Waals surface area (Å²) < 4.78 is 42.9. The van der Waals surface area contributed by atoms with Crippen molar-refractivity contribution in [2.75, 3.05) is 12.4 Å². The molecule has 0 amide bonds. The van der Waals surface area contributed by atoms with Gasteiger partial charge in [0.1, 0.15) is 11.1 Å². The lowest BCUT2D eigenvalue weighted by atomic mass is 10.2. The molecular formula is C9H6ClF3N2O. The second-order valence-electron chi connectivity index (χ2n) is 3.07. The Morgan fingerprint density at radius 2 is 2.06 bits per heavy atom. The second kappa shape index (κ2) is 3.55. The zero-order valence-electron chi connectivity index (χ0n) is 8.02. The number of benzene rings is 1. The third kappa shape index (κ3) is 1.80. The van der Waals surface area contributed by atoms with Crippen LogP contribution in [0.5, 0.6) is 0 Å². The average molecular weight is 251 g/mol. The van der Waals surface area contributed by atoms with Gasteiger partial charge in [0.05, 0.1) is 0 Å². The molecule has 0 radical (unpaired) electrons. The number of hydrogen-bond acceptors (Lipinski definition) is 3. The molecule has 0 aliphatic rings. The first-order valence-corrected chi connectivity index (χ1v) is 4.64. The number of halogens is 4. The Morgan fingerprint density at radius 1 is 1.38 bits per heavy atom. The van der Waals surface area contributed by atoms with Crippen LogP contribution < -0.4 is 5.32 Å². The standard InChI is InChI=1S/C9H6ClF3N2O/c1-14-8-15-6-3-4(10)2-5(7(6)16-8)9(11,12)13/h2-3H,1H3,(H,14,15). The third-order valence-corrected chi connectivity index (χ3v) is 2.19. The fraction of sp³-hybridized carbons (Fsp3) is 0.222. The van der Waals surface area contributed by atoms with E-state index in [2.05, 4.69) is 10.3 Å². The molecule has 1 N–H and O–H groups in total. The monoisotopic (exact) mass is 250 g/mol. The van der Waals surface area contributed by atoms with Gasteiger partial charge in [-0.25, -0.2) is 0 Å². The van der Waals surface area contributed by atoms with E-state index in [1.807, 2.05) is 0 Å². The van der Waals surface area contributed by atoms with Gasteiger partial charge in [0.25, 0.3) is 6.01 Å². The van der Waals surface area contributed by atoms with Gasteiger partial charge in [-0.3, -0.25) is 0 Å². The zero-order valence-corrected chi connectivity index (χ0v) is 8.78. The van der Waals surface area contributed by atoms with Crippen LogP contribution in [0.1, 0.15) is 5.56 Å². The Hall–Kier alpha value is -1.43. The van der Waals surface area contributed by atoms with Gasteiger partial charge in [-0.1, -0.05) is 11.6 Å². The van der Waals surface area contributed by atoms with E-state index in [-0.39, 0.29) is 22.1 Å². The Kier molecular flexibility index (Phi) is 2.46. The normalized spacial score (nSPS) is 12.1. The van der Waals surface area contributed by atoms with Crippen LogP contribution in [0.4, 0.5) is 19.2 Å². The lowest BCUT2D eigenvalue weighted by Crippen LogP contribution is -2.05. The Bertz CT molecular complexity index is 535. The van der Waals surface area contributed by atoms with Crippen molar-refractivity contribution in [3.05, 3.63) is 22.7 Å². The molecule has 2 rings (SSSR count). The number of oxazole rings is 1. The first-order chi connectivity index (χ1) is 7.41. The molecule has 0 bridgehead atoms. The van der Waals surface area contributed by atoms with Crippen molar-refractivity contribution in [1.29, 1.82) is 0 Å². The number of fused-ring (bicyclic) bond motifs is 1. The molecule has 0 atom stereocenters. The van der Waals surface area contributed by atoms with Crippen LogP contribution in [0.2, 0.25) is 5.02 Å². The van der Waals surface area contributed by atoms with E-state index in [4.69, 9.17) is 16.0 Å². The first-order valence-electron chi connectivity index (χ1n) is 4.27. The highest BCUT2D eigenvalue weighted by molar-refractivity contribution is 6.31. The number of anilines is 1. The molecule has 0 unspecified atom stereocenters. The predicted octanol–water partition coefficient (Wildman–Crippen LogP) is 3.54. The molecule has 1 aromatic carbocycles. The third-order valence-electron chi connectivity index (χ3n) is 1.97. The summed E-state index contributed by atoms with van der Waals surface area (Å²) in [6.45, 7) is 0. The number of alkyl halides is 3. The van der Waals surface area contributed by atoms with Gasteiger partial charge >= 0.3 is 6.18 Å². The van der Waals surface area contributed by atoms with E-state index in [0.717, 1.165) is 6.07 Å². The summed E-state index contributed by atoms with van der Waals surface area (Å²) in [5.74, 6) is 0. The SMILES string of the molecule is CNc1nc2cc(Cl)cc(C(F)(F)F)c2o1. The molecule has 0 saturated carbocycles. The summed E-state index contributed by atoms with van der Waals surface area (Å²) in [4.78, 5) is 3.80. The van der Waals surface area contributed by atoms with Gasteiger partial charge in [0.15, 0.2) is 5.58 Å². The zero-order chi connectivity index (χ0) is 11.9. The highest BCUT2D eigenvalue weighted by Crippen LogP contribution is 2.37. The number of rotatable bonds is 1. The van der Waals surface area contributed by atoms with Crippen LogP contribution in [0.15, 0.2) is 16.5 Å². The molecule has 1 aromatic heterocycles. The molecule has 0 aliphatic heterocycles. The number of nitrogens with one attached hydrogen (secondary N) is 1. The van der Waals surface area contributed by atoms with E-state index in [1.165, 1.54) is 13.1 Å². The van der Waals surface area contributed by atoms with Crippen LogP contribution >= 0.6 is 11.6 Å². The topological polar surface area (TPSA) is 38.1 Å². The van der Waals surface area contributed by atoms with Crippen molar-refractivity contribution in [2.24, 2.45) is 0 Å². The lowest BCUT2D eigenvalue weighted by Gasteiger charge is -2.06. The van der Waals surface area contributed by atoms with Crippen molar-refractivity contribution in [2.45, 2.75) is 6.18 Å². The predicted molar refractivity (Wildman–Crippen MR) is 53.6 cm³/mol. The fourth-order valence-electron chi connectivity index (χ4n) is 1.32. The van der Waals surface area contributed by atoms with Gasteiger partial charge < -0.3 is 9.73 Å². The maximum atomic E-state index is 12.6. The van der Waals surface area contributed by atoms with Crippen molar-refractivity contribution in [1.82, 2.24) is 4.98 Å². The van der Waals surface area contributed by atoms with Gasteiger partial charge in [0.2, 0.25) is 0 Å². The average Bonchev–Trinajstić information content (AvgIpc) is 2.57. The van der Waals surface area contributed by atoms with Crippen molar-refractivity contribution in [3.8, 4) is 0 Å². The number of hydrogen-bond donors (Lipinski definition) is 1. The van der Waals surface area contributed by atoms with Crippen molar-refractivity contribution in [3.63, 3.8) is 0 Å². The number of aromatic nitrogens is 1. The molecular weight excluding hydrogens is 245 g/mol. The van der Waals surface area contributed by atoms with Crippen LogP contribution in [-0.4, -0.2) is 12.0 Å². The van der Waals surface area contributed by atoms with Crippen molar-refractivity contribution >= 4 is 28.7 Å². The molecule has 1 heterocycles. The van der Waals surface area contributed by atoms with Crippen LogP contribution in [0, 0.1) is 0 Å². The van der Waals surface area contributed by atoms with E-state index < -0.39 is 11.7 Å².